The van der Waals surface area contributed by atoms with E-state index in [0.717, 1.165) is 26.1 Å². The number of benzene rings is 1. The molecule has 1 aromatic rings. The molecule has 2 rings (SSSR count). The molecule has 1 aromatic carbocycles. The summed E-state index contributed by atoms with van der Waals surface area (Å²) in [5.41, 5.74) is 7.45. The summed E-state index contributed by atoms with van der Waals surface area (Å²) >= 11 is 0. The number of carbonyl (C=O) groups is 1. The first-order valence-corrected chi connectivity index (χ1v) is 8.74. The van der Waals surface area contributed by atoms with Crippen LogP contribution in [0.5, 0.6) is 0 Å². The molecule has 1 heterocycles. The largest absolute Gasteiger partial charge is 0.335 e. The number of hydrogen-bond donors (Lipinski definition) is 1. The topological polar surface area (TPSA) is 49.6 Å². The summed E-state index contributed by atoms with van der Waals surface area (Å²) in [5.74, 6) is 0.270. The number of likely N-dealkylation sites (tertiary alicyclic amines) is 1. The first-order chi connectivity index (χ1) is 10.9. The fraction of sp³-hybridized carbons (Fsp3) is 0.632. The molecular formula is C19H31N3O. The Balaban J connectivity index is 2.00. The molecule has 4 heteroatoms. The normalized spacial score (nSPS) is 20.2. The van der Waals surface area contributed by atoms with Crippen molar-refractivity contribution in [3.63, 3.8) is 0 Å². The van der Waals surface area contributed by atoms with Crippen LogP contribution in [0.25, 0.3) is 0 Å². The lowest BCUT2D eigenvalue weighted by molar-refractivity contribution is -0.137. The molecule has 2 N–H and O–H groups in total. The van der Waals surface area contributed by atoms with E-state index < -0.39 is 6.04 Å². The van der Waals surface area contributed by atoms with Crippen molar-refractivity contribution in [2.75, 3.05) is 13.1 Å². The number of carbonyl (C=O) groups excluding carboxylic acids is 1. The number of amides is 1. The summed E-state index contributed by atoms with van der Waals surface area (Å²) in [6.45, 7) is 11.1. The Hall–Kier alpha value is -1.39. The molecule has 0 bridgehead atoms. The van der Waals surface area contributed by atoms with Crippen LogP contribution in [0, 0.1) is 5.92 Å². The molecule has 1 fully saturated rings. The minimum atomic E-state index is -0.402. The molecule has 0 spiro atoms. The lowest BCUT2D eigenvalue weighted by atomic mass is 10.0. The van der Waals surface area contributed by atoms with Crippen LogP contribution in [-0.2, 0) is 11.3 Å². The third kappa shape index (κ3) is 4.55. The SMILES string of the molecule is CC(C)[C@H](N)C(=O)N(C(C)C)[C@@H]1CCN(Cc2ccccc2)C1. The van der Waals surface area contributed by atoms with E-state index in [1.807, 2.05) is 24.8 Å². The van der Waals surface area contributed by atoms with Crippen molar-refractivity contribution in [3.8, 4) is 0 Å². The van der Waals surface area contributed by atoms with Gasteiger partial charge in [0.1, 0.15) is 0 Å². The van der Waals surface area contributed by atoms with Crippen LogP contribution in [0.3, 0.4) is 0 Å². The van der Waals surface area contributed by atoms with Gasteiger partial charge in [-0.25, -0.2) is 0 Å². The summed E-state index contributed by atoms with van der Waals surface area (Å²) in [6, 6.07) is 10.6. The highest BCUT2D eigenvalue weighted by atomic mass is 16.2. The summed E-state index contributed by atoms with van der Waals surface area (Å²) in [7, 11) is 0. The summed E-state index contributed by atoms with van der Waals surface area (Å²) in [6.07, 6.45) is 1.03. The van der Waals surface area contributed by atoms with E-state index in [1.165, 1.54) is 5.56 Å². The number of hydrogen-bond acceptors (Lipinski definition) is 3. The van der Waals surface area contributed by atoms with Crippen LogP contribution in [0.15, 0.2) is 30.3 Å². The molecule has 1 aliphatic rings. The molecule has 1 amide bonds. The van der Waals surface area contributed by atoms with E-state index in [1.54, 1.807) is 0 Å². The molecule has 0 radical (unpaired) electrons. The van der Waals surface area contributed by atoms with Crippen LogP contribution in [-0.4, -0.2) is 46.9 Å². The predicted molar refractivity (Wildman–Crippen MR) is 94.9 cm³/mol. The van der Waals surface area contributed by atoms with Gasteiger partial charge in [0.25, 0.3) is 0 Å². The average Bonchev–Trinajstić information content (AvgIpc) is 2.95. The van der Waals surface area contributed by atoms with Gasteiger partial charge in [0.2, 0.25) is 5.91 Å². The average molecular weight is 317 g/mol. The molecule has 1 aliphatic heterocycles. The van der Waals surface area contributed by atoms with Crippen LogP contribution < -0.4 is 5.73 Å². The van der Waals surface area contributed by atoms with Gasteiger partial charge in [0, 0.05) is 31.7 Å². The zero-order chi connectivity index (χ0) is 17.0. The van der Waals surface area contributed by atoms with Crippen molar-refractivity contribution < 1.29 is 4.79 Å². The Kier molecular flexibility index (Phi) is 6.19. The zero-order valence-corrected chi connectivity index (χ0v) is 14.9. The van der Waals surface area contributed by atoms with Crippen molar-refractivity contribution in [1.82, 2.24) is 9.80 Å². The number of nitrogens with two attached hydrogens (primary N) is 1. The minimum absolute atomic E-state index is 0.0987. The van der Waals surface area contributed by atoms with E-state index in [9.17, 15) is 4.79 Å². The van der Waals surface area contributed by atoms with E-state index in [4.69, 9.17) is 5.73 Å². The molecule has 128 valence electrons. The van der Waals surface area contributed by atoms with Gasteiger partial charge in [-0.2, -0.15) is 0 Å². The maximum Gasteiger partial charge on any atom is 0.240 e. The lowest BCUT2D eigenvalue weighted by Crippen LogP contribution is -2.54. The van der Waals surface area contributed by atoms with Gasteiger partial charge < -0.3 is 10.6 Å². The molecule has 0 aliphatic carbocycles. The van der Waals surface area contributed by atoms with Crippen LogP contribution in [0.1, 0.15) is 39.7 Å². The van der Waals surface area contributed by atoms with Crippen molar-refractivity contribution >= 4 is 5.91 Å². The fourth-order valence-corrected chi connectivity index (χ4v) is 3.34. The van der Waals surface area contributed by atoms with Gasteiger partial charge in [-0.1, -0.05) is 44.2 Å². The molecule has 2 atom stereocenters. The van der Waals surface area contributed by atoms with Gasteiger partial charge in [-0.05, 0) is 31.7 Å². The Bertz CT molecular complexity index is 501. The highest BCUT2D eigenvalue weighted by Crippen LogP contribution is 2.21. The Morgan fingerprint density at radius 1 is 1.26 bits per heavy atom. The second-order valence-electron chi connectivity index (χ2n) is 7.27. The molecule has 1 saturated heterocycles. The van der Waals surface area contributed by atoms with Crippen LogP contribution in [0.2, 0.25) is 0 Å². The standard InChI is InChI=1S/C19H31N3O/c1-14(2)18(20)19(23)22(15(3)4)17-10-11-21(13-17)12-16-8-6-5-7-9-16/h5-9,14-15,17-18H,10-13,20H2,1-4H3/t17-,18+/m1/s1. The quantitative estimate of drug-likeness (QED) is 0.877. The highest BCUT2D eigenvalue weighted by Gasteiger charge is 2.35. The number of nitrogens with zero attached hydrogens (tertiary/aromatic N) is 2. The summed E-state index contributed by atoms with van der Waals surface area (Å²) in [4.78, 5) is 17.2. The van der Waals surface area contributed by atoms with E-state index >= 15 is 0 Å². The minimum Gasteiger partial charge on any atom is -0.335 e. The Morgan fingerprint density at radius 2 is 1.91 bits per heavy atom. The van der Waals surface area contributed by atoms with Crippen LogP contribution in [0.4, 0.5) is 0 Å². The van der Waals surface area contributed by atoms with Crippen molar-refractivity contribution in [2.45, 2.75) is 58.8 Å². The van der Waals surface area contributed by atoms with Crippen molar-refractivity contribution in [1.29, 1.82) is 0 Å². The maximum atomic E-state index is 12.8. The first kappa shape index (κ1) is 18.0. The Labute approximate surface area is 140 Å². The molecule has 0 unspecified atom stereocenters. The first-order valence-electron chi connectivity index (χ1n) is 8.74. The summed E-state index contributed by atoms with van der Waals surface area (Å²) in [5, 5.41) is 0. The van der Waals surface area contributed by atoms with E-state index in [2.05, 4.69) is 43.0 Å². The third-order valence-electron chi connectivity index (χ3n) is 4.70. The van der Waals surface area contributed by atoms with Gasteiger partial charge in [-0.15, -0.1) is 0 Å². The molecular weight excluding hydrogens is 286 g/mol. The third-order valence-corrected chi connectivity index (χ3v) is 4.70. The van der Waals surface area contributed by atoms with Gasteiger partial charge in [-0.3, -0.25) is 9.69 Å². The van der Waals surface area contributed by atoms with E-state index in [0.29, 0.717) is 0 Å². The molecule has 0 saturated carbocycles. The van der Waals surface area contributed by atoms with Gasteiger partial charge in [0.05, 0.1) is 6.04 Å². The fourth-order valence-electron chi connectivity index (χ4n) is 3.34. The Morgan fingerprint density at radius 3 is 2.48 bits per heavy atom. The molecule has 0 aromatic heterocycles. The maximum absolute atomic E-state index is 12.8. The van der Waals surface area contributed by atoms with Gasteiger partial charge in [0.15, 0.2) is 0 Å². The second kappa shape index (κ2) is 7.93. The smallest absolute Gasteiger partial charge is 0.240 e. The van der Waals surface area contributed by atoms with Gasteiger partial charge >= 0.3 is 0 Å². The van der Waals surface area contributed by atoms with E-state index in [-0.39, 0.29) is 23.9 Å². The lowest BCUT2D eigenvalue weighted by Gasteiger charge is -2.35. The number of rotatable bonds is 6. The monoisotopic (exact) mass is 317 g/mol. The molecule has 23 heavy (non-hydrogen) atoms. The van der Waals surface area contributed by atoms with Crippen LogP contribution >= 0.6 is 0 Å². The summed E-state index contributed by atoms with van der Waals surface area (Å²) < 4.78 is 0. The second-order valence-corrected chi connectivity index (χ2v) is 7.27. The highest BCUT2D eigenvalue weighted by molar-refractivity contribution is 5.82. The van der Waals surface area contributed by atoms with Crippen molar-refractivity contribution in [2.24, 2.45) is 11.7 Å². The zero-order valence-electron chi connectivity index (χ0n) is 14.9. The van der Waals surface area contributed by atoms with Crippen molar-refractivity contribution in [3.05, 3.63) is 35.9 Å². The molecule has 4 nitrogen and oxygen atoms in total. The predicted octanol–water partition coefficient (Wildman–Crippen LogP) is 2.48.